The Hall–Kier alpha value is -2.67. The van der Waals surface area contributed by atoms with Gasteiger partial charge in [-0.2, -0.15) is 5.10 Å². The van der Waals surface area contributed by atoms with Crippen LogP contribution in [0.15, 0.2) is 36.5 Å². The Morgan fingerprint density at radius 3 is 3.08 bits per heavy atom. The first-order valence-electron chi connectivity index (χ1n) is 8.11. The molecule has 0 radical (unpaired) electrons. The van der Waals surface area contributed by atoms with Crippen LogP contribution in [0.3, 0.4) is 0 Å². The second-order valence-electron chi connectivity index (χ2n) is 5.89. The topological polar surface area (TPSA) is 86.9 Å². The van der Waals surface area contributed by atoms with Gasteiger partial charge in [0.05, 0.1) is 36.0 Å². The lowest BCUT2D eigenvalue weighted by Gasteiger charge is -2.35. The molecule has 1 fully saturated rings. The number of nitrogens with zero attached hydrogens (tertiary/aromatic N) is 3. The van der Waals surface area contributed by atoms with Crippen LogP contribution in [-0.4, -0.2) is 50.7 Å². The lowest BCUT2D eigenvalue weighted by Crippen LogP contribution is -2.43. The van der Waals surface area contributed by atoms with Crippen molar-refractivity contribution in [3.8, 4) is 0 Å². The molecule has 0 bridgehead atoms. The van der Waals surface area contributed by atoms with Crippen molar-refractivity contribution in [2.24, 2.45) is 0 Å². The second kappa shape index (κ2) is 6.45. The van der Waals surface area contributed by atoms with Gasteiger partial charge in [-0.25, -0.2) is 4.98 Å². The van der Waals surface area contributed by atoms with Gasteiger partial charge in [0, 0.05) is 25.6 Å². The number of benzene rings is 1. The van der Waals surface area contributed by atoms with Crippen LogP contribution in [0.5, 0.6) is 0 Å². The number of H-pyrrole nitrogens is 2. The van der Waals surface area contributed by atoms with Gasteiger partial charge >= 0.3 is 0 Å². The number of nitrogens with one attached hydrogen (secondary N) is 2. The molecule has 3 heterocycles. The van der Waals surface area contributed by atoms with Crippen LogP contribution in [0.25, 0.3) is 11.0 Å². The molecule has 1 aliphatic heterocycles. The number of carbonyl (C=O) groups excluding carboxylic acids is 1. The van der Waals surface area contributed by atoms with E-state index in [1.807, 2.05) is 35.2 Å². The summed E-state index contributed by atoms with van der Waals surface area (Å²) in [5.41, 5.74) is 2.84. The molecule has 0 saturated carbocycles. The molecule has 1 aliphatic rings. The van der Waals surface area contributed by atoms with Gasteiger partial charge in [-0.1, -0.05) is 12.1 Å². The predicted molar refractivity (Wildman–Crippen MR) is 88.3 cm³/mol. The van der Waals surface area contributed by atoms with E-state index in [0.29, 0.717) is 32.6 Å². The third-order valence-electron chi connectivity index (χ3n) is 4.34. The van der Waals surface area contributed by atoms with E-state index in [1.165, 1.54) is 0 Å². The molecule has 4 rings (SSSR count). The molecule has 2 aromatic heterocycles. The van der Waals surface area contributed by atoms with E-state index in [2.05, 4.69) is 20.2 Å². The largest absolute Gasteiger partial charge is 0.377 e. The second-order valence-corrected chi connectivity index (χ2v) is 5.89. The highest BCUT2D eigenvalue weighted by molar-refractivity contribution is 5.78. The number of carbonyl (C=O) groups is 1. The maximum absolute atomic E-state index is 12.7. The van der Waals surface area contributed by atoms with Crippen LogP contribution in [0, 0.1) is 0 Å². The Balaban J connectivity index is 1.44. The first kappa shape index (κ1) is 14.9. The molecule has 0 aliphatic carbocycles. The average molecular weight is 325 g/mol. The molecule has 0 unspecified atom stereocenters. The number of rotatable bonds is 4. The summed E-state index contributed by atoms with van der Waals surface area (Å²) in [6, 6.07) is 9.68. The number of hydrogen-bond donors (Lipinski definition) is 2. The summed E-state index contributed by atoms with van der Waals surface area (Å²) in [5.74, 6) is 0.953. The van der Waals surface area contributed by atoms with Gasteiger partial charge in [0.2, 0.25) is 5.91 Å². The van der Waals surface area contributed by atoms with Crippen LogP contribution in [-0.2, 0) is 16.0 Å². The van der Waals surface area contributed by atoms with Crippen LogP contribution < -0.4 is 0 Å². The molecule has 7 nitrogen and oxygen atoms in total. The summed E-state index contributed by atoms with van der Waals surface area (Å²) < 4.78 is 5.53. The first-order chi connectivity index (χ1) is 11.8. The zero-order valence-electron chi connectivity index (χ0n) is 13.2. The highest BCUT2D eigenvalue weighted by Crippen LogP contribution is 2.23. The number of aromatic amines is 2. The van der Waals surface area contributed by atoms with E-state index in [4.69, 9.17) is 4.74 Å². The lowest BCUT2D eigenvalue weighted by atomic mass is 10.1. The molecule has 1 amide bonds. The van der Waals surface area contributed by atoms with Crippen molar-refractivity contribution in [3.05, 3.63) is 48.0 Å². The fraction of sp³-hybridized carbons (Fsp3) is 0.353. The smallest absolute Gasteiger partial charge is 0.223 e. The molecular formula is C17H19N5O2. The number of morpholine rings is 1. The average Bonchev–Trinajstić information content (AvgIpc) is 3.28. The van der Waals surface area contributed by atoms with Crippen molar-refractivity contribution >= 4 is 16.9 Å². The number of imidazole rings is 1. The van der Waals surface area contributed by atoms with Crippen LogP contribution in [0.2, 0.25) is 0 Å². The summed E-state index contributed by atoms with van der Waals surface area (Å²) in [4.78, 5) is 22.4. The Morgan fingerprint density at radius 2 is 2.25 bits per heavy atom. The molecular weight excluding hydrogens is 306 g/mol. The van der Waals surface area contributed by atoms with Crippen molar-refractivity contribution in [1.29, 1.82) is 0 Å². The standard InChI is InChI=1S/C17H19N5O2/c23-17(6-5-16-19-12-3-1-2-4-13(12)20-16)22-9-10-24-11-15(22)14-7-8-18-21-14/h1-4,7-8,15H,5-6,9-11H2,(H,18,21)(H,19,20)/t15-/m1/s1. The van der Waals surface area contributed by atoms with Gasteiger partial charge < -0.3 is 14.6 Å². The number of ether oxygens (including phenoxy) is 1. The normalized spacial score (nSPS) is 18.2. The van der Waals surface area contributed by atoms with Gasteiger partial charge in [0.15, 0.2) is 0 Å². The number of hydrogen-bond acceptors (Lipinski definition) is 4. The number of fused-ring (bicyclic) bond motifs is 1. The van der Waals surface area contributed by atoms with Crippen LogP contribution >= 0.6 is 0 Å². The van der Waals surface area contributed by atoms with Crippen molar-refractivity contribution in [2.45, 2.75) is 18.9 Å². The molecule has 0 spiro atoms. The number of aromatic nitrogens is 4. The number of para-hydroxylation sites is 2. The molecule has 1 atom stereocenters. The lowest BCUT2D eigenvalue weighted by molar-refractivity contribution is -0.140. The fourth-order valence-corrected chi connectivity index (χ4v) is 3.11. The van der Waals surface area contributed by atoms with Crippen molar-refractivity contribution < 1.29 is 9.53 Å². The third kappa shape index (κ3) is 2.90. The molecule has 124 valence electrons. The molecule has 1 aromatic carbocycles. The van der Waals surface area contributed by atoms with Gasteiger partial charge in [-0.15, -0.1) is 0 Å². The molecule has 24 heavy (non-hydrogen) atoms. The molecule has 3 aromatic rings. The van der Waals surface area contributed by atoms with E-state index in [9.17, 15) is 4.79 Å². The SMILES string of the molecule is O=C(CCc1nc2ccccc2[nH]1)N1CCOC[C@@H]1c1ccn[nH]1. The van der Waals surface area contributed by atoms with Crippen LogP contribution in [0.4, 0.5) is 0 Å². The monoisotopic (exact) mass is 325 g/mol. The minimum Gasteiger partial charge on any atom is -0.377 e. The van der Waals surface area contributed by atoms with Gasteiger partial charge in [-0.3, -0.25) is 9.89 Å². The molecule has 7 heteroatoms. The first-order valence-corrected chi connectivity index (χ1v) is 8.11. The van der Waals surface area contributed by atoms with E-state index in [0.717, 1.165) is 22.6 Å². The predicted octanol–water partition coefficient (Wildman–Crippen LogP) is 1.82. The quantitative estimate of drug-likeness (QED) is 0.766. The summed E-state index contributed by atoms with van der Waals surface area (Å²) in [6.07, 6.45) is 2.71. The van der Waals surface area contributed by atoms with Gasteiger partial charge in [0.1, 0.15) is 5.82 Å². The fourth-order valence-electron chi connectivity index (χ4n) is 3.11. The zero-order valence-corrected chi connectivity index (χ0v) is 13.2. The Kier molecular flexibility index (Phi) is 4.00. The van der Waals surface area contributed by atoms with Gasteiger partial charge in [-0.05, 0) is 18.2 Å². The Morgan fingerprint density at radius 1 is 1.33 bits per heavy atom. The van der Waals surface area contributed by atoms with E-state index in [-0.39, 0.29) is 11.9 Å². The minimum absolute atomic E-state index is 0.0931. The third-order valence-corrected chi connectivity index (χ3v) is 4.34. The van der Waals surface area contributed by atoms with Crippen molar-refractivity contribution in [3.63, 3.8) is 0 Å². The highest BCUT2D eigenvalue weighted by Gasteiger charge is 2.29. The van der Waals surface area contributed by atoms with E-state index in [1.54, 1.807) is 6.20 Å². The van der Waals surface area contributed by atoms with E-state index < -0.39 is 0 Å². The summed E-state index contributed by atoms with van der Waals surface area (Å²) in [5, 5.41) is 6.92. The maximum atomic E-state index is 12.7. The van der Waals surface area contributed by atoms with Gasteiger partial charge in [0.25, 0.3) is 0 Å². The Labute approximate surface area is 139 Å². The number of amides is 1. The minimum atomic E-state index is -0.0931. The summed E-state index contributed by atoms with van der Waals surface area (Å²) in [7, 11) is 0. The summed E-state index contributed by atoms with van der Waals surface area (Å²) in [6.45, 7) is 1.67. The van der Waals surface area contributed by atoms with E-state index >= 15 is 0 Å². The van der Waals surface area contributed by atoms with Crippen molar-refractivity contribution in [2.75, 3.05) is 19.8 Å². The highest BCUT2D eigenvalue weighted by atomic mass is 16.5. The van der Waals surface area contributed by atoms with Crippen LogP contribution in [0.1, 0.15) is 24.0 Å². The summed E-state index contributed by atoms with van der Waals surface area (Å²) >= 11 is 0. The molecule has 2 N–H and O–H groups in total. The zero-order chi connectivity index (χ0) is 16.4. The van der Waals surface area contributed by atoms with Crippen molar-refractivity contribution in [1.82, 2.24) is 25.1 Å². The number of aryl methyl sites for hydroxylation is 1. The molecule has 1 saturated heterocycles. The maximum Gasteiger partial charge on any atom is 0.223 e. The Bertz CT molecular complexity index is 794.